The Morgan fingerprint density at radius 2 is 1.55 bits per heavy atom. The van der Waals surface area contributed by atoms with Crippen molar-refractivity contribution in [1.29, 1.82) is 0 Å². The monoisotopic (exact) mass is 484 g/mol. The second kappa shape index (κ2) is 14.1. The van der Waals surface area contributed by atoms with E-state index in [4.69, 9.17) is 16.7 Å². The summed E-state index contributed by atoms with van der Waals surface area (Å²) in [5.41, 5.74) is 6.58. The summed E-state index contributed by atoms with van der Waals surface area (Å²) in [6.45, 7) is 0. The molecule has 0 aliphatic rings. The standard InChI is InChI=1S/C20H28N4O8S/c21-12(6-9-16(27)32-22)17(33)19(29)24-14(10-11-4-2-1-3-5-11)18(28)23-13(20(30)31)7-8-15(25)26/h1-5,12-14,17,33H,6-10,21-22H2,(H,23,28)(H,24,29)(H,25,26)(H,30,31)/t12-,13-,14+,17?/m0/s1. The van der Waals surface area contributed by atoms with E-state index in [0.717, 1.165) is 0 Å². The van der Waals surface area contributed by atoms with Crippen molar-refractivity contribution in [3.63, 3.8) is 0 Å². The normalized spacial score (nSPS) is 14.3. The van der Waals surface area contributed by atoms with Gasteiger partial charge in [-0.2, -0.15) is 18.5 Å². The zero-order valence-corrected chi connectivity index (χ0v) is 18.6. The second-order valence-corrected chi connectivity index (χ2v) is 7.78. The Morgan fingerprint density at radius 3 is 2.09 bits per heavy atom. The molecule has 0 heterocycles. The molecule has 0 saturated carbocycles. The maximum atomic E-state index is 12.8. The highest BCUT2D eigenvalue weighted by molar-refractivity contribution is 7.81. The number of aliphatic carboxylic acids is 2. The van der Waals surface area contributed by atoms with Crippen molar-refractivity contribution in [2.24, 2.45) is 11.6 Å². The maximum Gasteiger partial charge on any atom is 0.326 e. The van der Waals surface area contributed by atoms with E-state index >= 15 is 0 Å². The minimum absolute atomic E-state index is 0.0267. The predicted octanol–water partition coefficient (Wildman–Crippen LogP) is -1.03. The van der Waals surface area contributed by atoms with E-state index in [-0.39, 0.29) is 25.7 Å². The largest absolute Gasteiger partial charge is 0.481 e. The Balaban J connectivity index is 2.93. The van der Waals surface area contributed by atoms with Crippen LogP contribution in [0.1, 0.15) is 31.2 Å². The summed E-state index contributed by atoms with van der Waals surface area (Å²) in [6, 6.07) is 5.14. The van der Waals surface area contributed by atoms with Crippen LogP contribution in [0, 0.1) is 0 Å². The number of hydrogen-bond donors (Lipinski definition) is 7. The highest BCUT2D eigenvalue weighted by Gasteiger charge is 2.30. The minimum Gasteiger partial charge on any atom is -0.481 e. The van der Waals surface area contributed by atoms with Crippen LogP contribution in [0.3, 0.4) is 0 Å². The molecule has 13 heteroatoms. The number of thiol groups is 1. The summed E-state index contributed by atoms with van der Waals surface area (Å²) in [5, 5.41) is 21.8. The van der Waals surface area contributed by atoms with Crippen LogP contribution in [-0.4, -0.2) is 63.3 Å². The Morgan fingerprint density at radius 1 is 0.939 bits per heavy atom. The van der Waals surface area contributed by atoms with Gasteiger partial charge in [0.2, 0.25) is 11.8 Å². The van der Waals surface area contributed by atoms with Crippen LogP contribution in [-0.2, 0) is 35.2 Å². The number of carboxylic acid groups (broad SMARTS) is 2. The molecule has 1 unspecified atom stereocenters. The Bertz CT molecular complexity index is 839. The molecular formula is C20H28N4O8S. The summed E-state index contributed by atoms with van der Waals surface area (Å²) in [6.07, 6.45) is -0.867. The molecule has 1 aromatic carbocycles. The molecule has 0 bridgehead atoms. The SMILES string of the molecule is NOC(=O)CC[C@H](N)C(S)C(=O)N[C@H](Cc1ccccc1)C(=O)N[C@@H](CCC(=O)O)C(=O)O. The summed E-state index contributed by atoms with van der Waals surface area (Å²) < 4.78 is 0. The Hall–Kier alpha value is -3.16. The van der Waals surface area contributed by atoms with Gasteiger partial charge in [0.1, 0.15) is 12.1 Å². The molecule has 0 aliphatic carbocycles. The fourth-order valence-corrected chi connectivity index (χ4v) is 3.03. The molecule has 0 saturated heterocycles. The van der Waals surface area contributed by atoms with Crippen molar-refractivity contribution < 1.29 is 39.0 Å². The van der Waals surface area contributed by atoms with Gasteiger partial charge in [-0.25, -0.2) is 4.79 Å². The van der Waals surface area contributed by atoms with Crippen LogP contribution in [0.15, 0.2) is 30.3 Å². The molecule has 2 amide bonds. The van der Waals surface area contributed by atoms with Gasteiger partial charge in [-0.05, 0) is 18.4 Å². The van der Waals surface area contributed by atoms with Crippen molar-refractivity contribution in [3.8, 4) is 0 Å². The molecule has 12 nitrogen and oxygen atoms in total. The van der Waals surface area contributed by atoms with Crippen LogP contribution in [0.2, 0.25) is 0 Å². The fraction of sp³-hybridized carbons (Fsp3) is 0.450. The molecule has 0 spiro atoms. The number of hydrogen-bond acceptors (Lipinski definition) is 9. The lowest BCUT2D eigenvalue weighted by Gasteiger charge is -2.24. The number of carboxylic acids is 2. The lowest BCUT2D eigenvalue weighted by Crippen LogP contribution is -2.55. The minimum atomic E-state index is -1.46. The molecule has 0 fully saturated rings. The Kier molecular flexibility index (Phi) is 11.9. The number of carbonyl (C=O) groups is 5. The number of rotatable bonds is 14. The van der Waals surface area contributed by atoms with E-state index in [1.165, 1.54) is 0 Å². The maximum absolute atomic E-state index is 12.8. The van der Waals surface area contributed by atoms with Crippen molar-refractivity contribution in [2.75, 3.05) is 0 Å². The third-order valence-corrected chi connectivity index (χ3v) is 5.28. The molecule has 8 N–H and O–H groups in total. The third kappa shape index (κ3) is 10.3. The first-order valence-electron chi connectivity index (χ1n) is 9.97. The molecule has 0 aromatic heterocycles. The van der Waals surface area contributed by atoms with Gasteiger partial charge in [0.25, 0.3) is 0 Å². The zero-order valence-electron chi connectivity index (χ0n) is 17.7. The zero-order chi connectivity index (χ0) is 25.0. The van der Waals surface area contributed by atoms with Gasteiger partial charge in [-0.1, -0.05) is 30.3 Å². The van der Waals surface area contributed by atoms with Crippen molar-refractivity contribution in [1.82, 2.24) is 10.6 Å². The highest BCUT2D eigenvalue weighted by atomic mass is 32.1. The van der Waals surface area contributed by atoms with Gasteiger partial charge in [-0.15, -0.1) is 0 Å². The van der Waals surface area contributed by atoms with Gasteiger partial charge in [0, 0.05) is 25.3 Å². The predicted molar refractivity (Wildman–Crippen MR) is 119 cm³/mol. The summed E-state index contributed by atoms with van der Waals surface area (Å²) >= 11 is 4.17. The lowest BCUT2D eigenvalue weighted by atomic mass is 10.0. The lowest BCUT2D eigenvalue weighted by molar-refractivity contribution is -0.145. The average molecular weight is 485 g/mol. The van der Waals surface area contributed by atoms with Crippen LogP contribution < -0.4 is 22.3 Å². The average Bonchev–Trinajstić information content (AvgIpc) is 2.78. The molecular weight excluding hydrogens is 456 g/mol. The van der Waals surface area contributed by atoms with E-state index in [0.29, 0.717) is 5.56 Å². The van der Waals surface area contributed by atoms with Crippen molar-refractivity contribution in [3.05, 3.63) is 35.9 Å². The number of nitrogens with two attached hydrogens (primary N) is 2. The molecule has 4 atom stereocenters. The summed E-state index contributed by atoms with van der Waals surface area (Å²) in [7, 11) is 0. The van der Waals surface area contributed by atoms with E-state index in [9.17, 15) is 29.1 Å². The summed E-state index contributed by atoms with van der Waals surface area (Å²) in [5.74, 6) is -0.0980. The summed E-state index contributed by atoms with van der Waals surface area (Å²) in [4.78, 5) is 62.9. The van der Waals surface area contributed by atoms with Crippen molar-refractivity contribution >= 4 is 42.4 Å². The van der Waals surface area contributed by atoms with Gasteiger partial charge >= 0.3 is 17.9 Å². The molecule has 182 valence electrons. The molecule has 0 aliphatic heterocycles. The fourth-order valence-electron chi connectivity index (χ4n) is 2.81. The van der Waals surface area contributed by atoms with Gasteiger partial charge in [0.05, 0.1) is 5.25 Å². The van der Waals surface area contributed by atoms with E-state index < -0.39 is 59.5 Å². The van der Waals surface area contributed by atoms with Gasteiger partial charge in [0.15, 0.2) is 0 Å². The third-order valence-electron chi connectivity index (χ3n) is 4.66. The van der Waals surface area contributed by atoms with Gasteiger partial charge in [-0.3, -0.25) is 19.2 Å². The van der Waals surface area contributed by atoms with E-state index in [2.05, 4.69) is 28.1 Å². The first-order valence-corrected chi connectivity index (χ1v) is 10.5. The van der Waals surface area contributed by atoms with E-state index in [1.807, 2.05) is 0 Å². The quantitative estimate of drug-likeness (QED) is 0.126. The van der Waals surface area contributed by atoms with Gasteiger partial charge < -0.3 is 31.4 Å². The van der Waals surface area contributed by atoms with Crippen LogP contribution in [0.25, 0.3) is 0 Å². The molecule has 33 heavy (non-hydrogen) atoms. The molecule has 1 aromatic rings. The number of amides is 2. The Labute approximate surface area is 195 Å². The van der Waals surface area contributed by atoms with Crippen LogP contribution in [0.4, 0.5) is 0 Å². The number of carbonyl (C=O) groups excluding carboxylic acids is 3. The highest BCUT2D eigenvalue weighted by Crippen LogP contribution is 2.10. The van der Waals surface area contributed by atoms with E-state index in [1.54, 1.807) is 30.3 Å². The smallest absolute Gasteiger partial charge is 0.326 e. The first kappa shape index (κ1) is 27.9. The van der Waals surface area contributed by atoms with Crippen LogP contribution in [0.5, 0.6) is 0 Å². The molecule has 1 rings (SSSR count). The topological polar surface area (TPSA) is 211 Å². The number of benzene rings is 1. The first-order chi connectivity index (χ1) is 15.5. The second-order valence-electron chi connectivity index (χ2n) is 7.22. The molecule has 0 radical (unpaired) electrons. The van der Waals surface area contributed by atoms with Crippen LogP contribution >= 0.6 is 12.6 Å². The number of nitrogens with one attached hydrogen (secondary N) is 2. The van der Waals surface area contributed by atoms with Crippen molar-refractivity contribution in [2.45, 2.75) is 55.5 Å².